The Hall–Kier alpha value is -4.25. The standard InChI is InChI=1S/C40H56N4O7/c1-9-26(4)32(33(45)39(8)24-50-39)43-36(48)40(23-29(40)28-18-14-11-15-19-28)44-35(47)31(22-25(2)3)41-34(46)30(42-37(49)51-38(5,6)7)21-20-27-16-12-10-13-17-27/h10-19,25-26,29-32H,9,20-24H2,1-8H3,(H,41,46)(H,42,49)(H,43,48)(H,44,47)/t26?,29?,30-,31?,32-,39?,40-/m0/s1. The van der Waals surface area contributed by atoms with Gasteiger partial charge in [0.2, 0.25) is 17.7 Å². The summed E-state index contributed by atoms with van der Waals surface area (Å²) < 4.78 is 10.9. The van der Waals surface area contributed by atoms with Crippen molar-refractivity contribution in [3.8, 4) is 0 Å². The zero-order valence-corrected chi connectivity index (χ0v) is 31.3. The van der Waals surface area contributed by atoms with Crippen molar-refractivity contribution in [3.05, 3.63) is 71.8 Å². The number of amides is 4. The summed E-state index contributed by atoms with van der Waals surface area (Å²) in [5, 5.41) is 11.6. The third-order valence-electron chi connectivity index (χ3n) is 9.71. The molecule has 1 saturated heterocycles. The van der Waals surface area contributed by atoms with Crippen molar-refractivity contribution < 1.29 is 33.4 Å². The summed E-state index contributed by atoms with van der Waals surface area (Å²) in [7, 11) is 0. The molecule has 4 rings (SSSR count). The van der Waals surface area contributed by atoms with Gasteiger partial charge in [-0.05, 0) is 76.3 Å². The molecule has 7 atom stereocenters. The summed E-state index contributed by atoms with van der Waals surface area (Å²) in [6, 6.07) is 16.3. The van der Waals surface area contributed by atoms with Crippen LogP contribution >= 0.6 is 0 Å². The molecule has 0 spiro atoms. The van der Waals surface area contributed by atoms with Crippen LogP contribution in [0.3, 0.4) is 0 Å². The molecule has 2 aromatic rings. The average Bonchev–Trinajstić information content (AvgIpc) is 4.00. The Morgan fingerprint density at radius 1 is 0.882 bits per heavy atom. The van der Waals surface area contributed by atoms with Gasteiger partial charge in [0.1, 0.15) is 28.8 Å². The normalized spacial score (nSPS) is 23.2. The number of alkyl carbamates (subject to hydrolysis) is 1. The van der Waals surface area contributed by atoms with Crippen LogP contribution in [0, 0.1) is 11.8 Å². The number of epoxide rings is 1. The van der Waals surface area contributed by atoms with Crippen LogP contribution in [0.4, 0.5) is 4.79 Å². The largest absolute Gasteiger partial charge is 0.444 e. The zero-order chi connectivity index (χ0) is 37.6. The molecule has 4 amide bonds. The van der Waals surface area contributed by atoms with E-state index in [0.717, 1.165) is 11.1 Å². The molecule has 11 heteroatoms. The highest BCUT2D eigenvalue weighted by atomic mass is 16.6. The van der Waals surface area contributed by atoms with Crippen molar-refractivity contribution in [2.45, 2.75) is 128 Å². The minimum atomic E-state index is -1.34. The van der Waals surface area contributed by atoms with Crippen molar-refractivity contribution in [2.24, 2.45) is 11.8 Å². The number of ketones is 1. The molecule has 1 aliphatic carbocycles. The topological polar surface area (TPSA) is 155 Å². The van der Waals surface area contributed by atoms with E-state index in [1.165, 1.54) is 0 Å². The molecule has 0 bridgehead atoms. The quantitative estimate of drug-likeness (QED) is 0.170. The average molecular weight is 705 g/mol. The Kier molecular flexibility index (Phi) is 12.7. The van der Waals surface area contributed by atoms with E-state index in [1.807, 2.05) is 88.4 Å². The first-order valence-electron chi connectivity index (χ1n) is 18.2. The van der Waals surface area contributed by atoms with E-state index in [4.69, 9.17) is 9.47 Å². The minimum Gasteiger partial charge on any atom is -0.444 e. The third kappa shape index (κ3) is 10.6. The maximum absolute atomic E-state index is 14.3. The van der Waals surface area contributed by atoms with Gasteiger partial charge in [-0.25, -0.2) is 4.79 Å². The summed E-state index contributed by atoms with van der Waals surface area (Å²) in [6.07, 6.45) is 1.29. The van der Waals surface area contributed by atoms with Crippen molar-refractivity contribution in [1.82, 2.24) is 21.3 Å². The highest BCUT2D eigenvalue weighted by Crippen LogP contribution is 2.52. The molecule has 0 radical (unpaired) electrons. The smallest absolute Gasteiger partial charge is 0.408 e. The van der Waals surface area contributed by atoms with Crippen LogP contribution in [0.25, 0.3) is 0 Å². The molecule has 1 saturated carbocycles. The van der Waals surface area contributed by atoms with E-state index in [-0.39, 0.29) is 36.4 Å². The number of carbonyl (C=O) groups is 5. The van der Waals surface area contributed by atoms with E-state index in [0.29, 0.717) is 25.9 Å². The molecule has 0 aromatic heterocycles. The first-order chi connectivity index (χ1) is 24.0. The van der Waals surface area contributed by atoms with E-state index >= 15 is 0 Å². The molecule has 4 N–H and O–H groups in total. The second kappa shape index (κ2) is 16.4. The van der Waals surface area contributed by atoms with E-state index in [2.05, 4.69) is 21.3 Å². The Morgan fingerprint density at radius 2 is 1.49 bits per heavy atom. The summed E-state index contributed by atoms with van der Waals surface area (Å²) in [5.41, 5.74) is -1.18. The van der Waals surface area contributed by atoms with Gasteiger partial charge in [0, 0.05) is 5.92 Å². The summed E-state index contributed by atoms with van der Waals surface area (Å²) in [6.45, 7) is 15.0. The van der Waals surface area contributed by atoms with Crippen LogP contribution in [-0.2, 0) is 35.1 Å². The number of hydrogen-bond acceptors (Lipinski definition) is 7. The summed E-state index contributed by atoms with van der Waals surface area (Å²) in [4.78, 5) is 68.7. The molecule has 2 aliphatic rings. The fourth-order valence-corrected chi connectivity index (χ4v) is 6.30. The molecule has 278 valence electrons. The number of hydrogen-bond donors (Lipinski definition) is 4. The lowest BCUT2D eigenvalue weighted by Crippen LogP contribution is -2.60. The molecule has 2 fully saturated rings. The molecule has 1 aliphatic heterocycles. The van der Waals surface area contributed by atoms with Crippen LogP contribution in [0.5, 0.6) is 0 Å². The van der Waals surface area contributed by atoms with Crippen LogP contribution < -0.4 is 21.3 Å². The Labute approximate surface area is 302 Å². The van der Waals surface area contributed by atoms with Crippen LogP contribution in [0.2, 0.25) is 0 Å². The lowest BCUT2D eigenvalue weighted by molar-refractivity contribution is -0.136. The predicted molar refractivity (Wildman–Crippen MR) is 195 cm³/mol. The van der Waals surface area contributed by atoms with Gasteiger partial charge in [0.15, 0.2) is 5.78 Å². The Balaban J connectivity index is 1.57. The highest BCUT2D eigenvalue weighted by Gasteiger charge is 2.63. The number of ether oxygens (including phenoxy) is 2. The van der Waals surface area contributed by atoms with Gasteiger partial charge >= 0.3 is 6.09 Å². The van der Waals surface area contributed by atoms with Crippen LogP contribution in [0.15, 0.2) is 60.7 Å². The summed E-state index contributed by atoms with van der Waals surface area (Å²) >= 11 is 0. The van der Waals surface area contributed by atoms with Crippen molar-refractivity contribution in [1.29, 1.82) is 0 Å². The van der Waals surface area contributed by atoms with Gasteiger partial charge < -0.3 is 30.7 Å². The van der Waals surface area contributed by atoms with Gasteiger partial charge in [-0.1, -0.05) is 94.8 Å². The number of rotatable bonds is 17. The van der Waals surface area contributed by atoms with E-state index in [9.17, 15) is 24.0 Å². The van der Waals surface area contributed by atoms with Gasteiger partial charge in [0.05, 0.1) is 12.6 Å². The second-order valence-corrected chi connectivity index (χ2v) is 15.8. The van der Waals surface area contributed by atoms with Crippen molar-refractivity contribution in [2.75, 3.05) is 6.61 Å². The fourth-order valence-electron chi connectivity index (χ4n) is 6.30. The molecular weight excluding hydrogens is 648 g/mol. The predicted octanol–water partition coefficient (Wildman–Crippen LogP) is 4.97. The first-order valence-corrected chi connectivity index (χ1v) is 18.2. The number of aryl methyl sites for hydroxylation is 1. The van der Waals surface area contributed by atoms with Gasteiger partial charge in [-0.3, -0.25) is 19.2 Å². The Morgan fingerprint density at radius 3 is 2.04 bits per heavy atom. The molecule has 51 heavy (non-hydrogen) atoms. The maximum atomic E-state index is 14.3. The molecule has 1 heterocycles. The fraction of sp³-hybridized carbons (Fsp3) is 0.575. The van der Waals surface area contributed by atoms with Crippen LogP contribution in [0.1, 0.15) is 98.1 Å². The number of carbonyl (C=O) groups excluding carboxylic acids is 5. The van der Waals surface area contributed by atoms with Crippen molar-refractivity contribution in [3.63, 3.8) is 0 Å². The summed E-state index contributed by atoms with van der Waals surface area (Å²) in [5.74, 6) is -2.20. The van der Waals surface area contributed by atoms with Gasteiger partial charge in [-0.15, -0.1) is 0 Å². The maximum Gasteiger partial charge on any atom is 0.408 e. The number of nitrogens with one attached hydrogen (secondary N) is 4. The minimum absolute atomic E-state index is 0.00299. The Bertz CT molecular complexity index is 1540. The van der Waals surface area contributed by atoms with E-state index < -0.39 is 58.7 Å². The monoisotopic (exact) mass is 704 g/mol. The van der Waals surface area contributed by atoms with Gasteiger partial charge in [-0.2, -0.15) is 0 Å². The number of benzene rings is 2. The molecule has 2 aromatic carbocycles. The van der Waals surface area contributed by atoms with Crippen molar-refractivity contribution >= 4 is 29.6 Å². The van der Waals surface area contributed by atoms with Gasteiger partial charge in [0.25, 0.3) is 0 Å². The lowest BCUT2D eigenvalue weighted by Gasteiger charge is -2.30. The number of Topliss-reactive ketones (excluding diaryl/α,β-unsaturated/α-hetero) is 1. The van der Waals surface area contributed by atoms with E-state index in [1.54, 1.807) is 27.7 Å². The zero-order valence-electron chi connectivity index (χ0n) is 31.3. The molecule has 11 nitrogen and oxygen atoms in total. The SMILES string of the molecule is CCC(C)[C@H](NC(=O)[C@]1(NC(=O)C(CC(C)C)NC(=O)[C@H](CCc2ccccc2)NC(=O)OC(C)(C)C)CC1c1ccccc1)C(=O)C1(C)CO1. The first kappa shape index (κ1) is 39.5. The van der Waals surface area contributed by atoms with Crippen LogP contribution in [-0.4, -0.2) is 71.1 Å². The second-order valence-electron chi connectivity index (χ2n) is 15.8. The molecular formula is C40H56N4O7. The third-order valence-corrected chi connectivity index (χ3v) is 9.71. The lowest BCUT2D eigenvalue weighted by atomic mass is 9.89. The highest BCUT2D eigenvalue weighted by molar-refractivity contribution is 6.02. The molecule has 4 unspecified atom stereocenters.